The van der Waals surface area contributed by atoms with Gasteiger partial charge in [0.05, 0.1) is 0 Å². The molecule has 1 rings (SSSR count). The highest BCUT2D eigenvalue weighted by Gasteiger charge is 2.13. The number of Topliss-reactive ketones (excluding diaryl/α,β-unsaturated/α-hetero) is 1. The third-order valence-corrected chi connectivity index (χ3v) is 1.86. The van der Waals surface area contributed by atoms with Crippen LogP contribution in [0.15, 0.2) is 0 Å². The van der Waals surface area contributed by atoms with Crippen LogP contribution >= 0.6 is 24.0 Å². The molecule has 60 valence electrons. The van der Waals surface area contributed by atoms with E-state index in [2.05, 4.69) is 11.8 Å². The average molecular weight is 255 g/mol. The van der Waals surface area contributed by atoms with E-state index in [1.165, 1.54) is 0 Å². The van der Waals surface area contributed by atoms with Crippen molar-refractivity contribution in [1.82, 2.24) is 4.90 Å². The molecule has 1 saturated heterocycles. The molecule has 0 N–H and O–H groups in total. The molecule has 0 aliphatic carbocycles. The van der Waals surface area contributed by atoms with Gasteiger partial charge in [-0.15, -0.1) is 24.0 Å². The second kappa shape index (κ2) is 5.07. The maximum atomic E-state index is 10.7. The monoisotopic (exact) mass is 255 g/mol. The van der Waals surface area contributed by atoms with Crippen molar-refractivity contribution in [1.29, 1.82) is 0 Å². The van der Waals surface area contributed by atoms with Crippen LogP contribution in [0.2, 0.25) is 0 Å². The van der Waals surface area contributed by atoms with Crippen molar-refractivity contribution in [3.63, 3.8) is 0 Å². The minimum Gasteiger partial charge on any atom is -0.303 e. The molecular weight excluding hydrogens is 241 g/mol. The van der Waals surface area contributed by atoms with E-state index in [0.717, 1.165) is 32.5 Å². The molecule has 1 heterocycles. The highest BCUT2D eigenvalue weighted by atomic mass is 127. The van der Waals surface area contributed by atoms with Crippen molar-refractivity contribution >= 4 is 29.8 Å². The molecule has 10 heavy (non-hydrogen) atoms. The number of rotatable bonds is 1. The number of halogens is 1. The molecule has 1 aliphatic heterocycles. The molecule has 1 aliphatic rings. The largest absolute Gasteiger partial charge is 0.303 e. The van der Waals surface area contributed by atoms with Gasteiger partial charge in [0.2, 0.25) is 0 Å². The zero-order valence-corrected chi connectivity index (χ0v) is 8.63. The van der Waals surface area contributed by atoms with Gasteiger partial charge in [-0.05, 0) is 6.54 Å². The van der Waals surface area contributed by atoms with Crippen LogP contribution in [0, 0.1) is 0 Å². The lowest BCUT2D eigenvalue weighted by atomic mass is 10.1. The molecule has 0 amide bonds. The Morgan fingerprint density at radius 1 is 1.40 bits per heavy atom. The van der Waals surface area contributed by atoms with Crippen molar-refractivity contribution in [2.24, 2.45) is 0 Å². The summed E-state index contributed by atoms with van der Waals surface area (Å²) in [5.41, 5.74) is 0. The summed E-state index contributed by atoms with van der Waals surface area (Å²) in [6.07, 6.45) is 1.54. The fourth-order valence-corrected chi connectivity index (χ4v) is 1.12. The minimum atomic E-state index is 0. The Hall–Kier alpha value is 0.360. The normalized spacial score (nSPS) is 20.3. The van der Waals surface area contributed by atoms with Crippen LogP contribution in [-0.2, 0) is 4.79 Å². The zero-order valence-electron chi connectivity index (χ0n) is 6.30. The lowest BCUT2D eigenvalue weighted by Gasteiger charge is -2.23. The predicted octanol–water partition coefficient (Wildman–Crippen LogP) is 1.29. The third kappa shape index (κ3) is 2.96. The SMILES string of the molecule is CCN1CCC(=O)CC1.I. The van der Waals surface area contributed by atoms with E-state index in [1.807, 2.05) is 0 Å². The van der Waals surface area contributed by atoms with Gasteiger partial charge in [0.15, 0.2) is 0 Å². The van der Waals surface area contributed by atoms with Crippen LogP contribution in [0.4, 0.5) is 0 Å². The molecule has 0 atom stereocenters. The minimum absolute atomic E-state index is 0. The van der Waals surface area contributed by atoms with Gasteiger partial charge in [0.25, 0.3) is 0 Å². The Morgan fingerprint density at radius 3 is 2.30 bits per heavy atom. The van der Waals surface area contributed by atoms with Crippen LogP contribution in [0.1, 0.15) is 19.8 Å². The highest BCUT2D eigenvalue weighted by molar-refractivity contribution is 14.0. The highest BCUT2D eigenvalue weighted by Crippen LogP contribution is 2.03. The lowest BCUT2D eigenvalue weighted by molar-refractivity contribution is -0.121. The number of ketones is 1. The van der Waals surface area contributed by atoms with E-state index in [1.54, 1.807) is 0 Å². The predicted molar refractivity (Wildman–Crippen MR) is 51.8 cm³/mol. The van der Waals surface area contributed by atoms with Crippen molar-refractivity contribution in [2.75, 3.05) is 19.6 Å². The summed E-state index contributed by atoms with van der Waals surface area (Å²) in [4.78, 5) is 13.0. The van der Waals surface area contributed by atoms with Gasteiger partial charge in [0, 0.05) is 25.9 Å². The Labute approximate surface area is 79.0 Å². The van der Waals surface area contributed by atoms with E-state index in [9.17, 15) is 4.79 Å². The molecule has 0 aromatic heterocycles. The summed E-state index contributed by atoms with van der Waals surface area (Å²) < 4.78 is 0. The molecule has 3 heteroatoms. The summed E-state index contributed by atoms with van der Waals surface area (Å²) >= 11 is 0. The van der Waals surface area contributed by atoms with Crippen LogP contribution < -0.4 is 0 Å². The summed E-state index contributed by atoms with van der Waals surface area (Å²) in [6, 6.07) is 0. The van der Waals surface area contributed by atoms with Gasteiger partial charge in [-0.1, -0.05) is 6.92 Å². The summed E-state index contributed by atoms with van der Waals surface area (Å²) in [5, 5.41) is 0. The number of piperidine rings is 1. The Kier molecular flexibility index (Phi) is 5.25. The van der Waals surface area contributed by atoms with Gasteiger partial charge in [0.1, 0.15) is 5.78 Å². The molecule has 0 aromatic rings. The van der Waals surface area contributed by atoms with E-state index in [-0.39, 0.29) is 24.0 Å². The number of nitrogens with zero attached hydrogens (tertiary/aromatic N) is 1. The molecule has 1 fully saturated rings. The van der Waals surface area contributed by atoms with Gasteiger partial charge in [-0.3, -0.25) is 4.79 Å². The van der Waals surface area contributed by atoms with Crippen LogP contribution in [-0.4, -0.2) is 30.3 Å². The van der Waals surface area contributed by atoms with Crippen LogP contribution in [0.5, 0.6) is 0 Å². The van der Waals surface area contributed by atoms with E-state index in [0.29, 0.717) is 5.78 Å². The smallest absolute Gasteiger partial charge is 0.135 e. The second-order valence-electron chi connectivity index (χ2n) is 2.47. The molecule has 0 unspecified atom stereocenters. The molecule has 0 spiro atoms. The average Bonchev–Trinajstić information content (AvgIpc) is 1.90. The van der Waals surface area contributed by atoms with Crippen LogP contribution in [0.3, 0.4) is 0 Å². The molecule has 0 aromatic carbocycles. The summed E-state index contributed by atoms with van der Waals surface area (Å²) in [7, 11) is 0. The molecule has 0 saturated carbocycles. The van der Waals surface area contributed by atoms with Crippen molar-refractivity contribution in [3.05, 3.63) is 0 Å². The first kappa shape index (κ1) is 10.4. The van der Waals surface area contributed by atoms with Crippen LogP contribution in [0.25, 0.3) is 0 Å². The fourth-order valence-electron chi connectivity index (χ4n) is 1.12. The second-order valence-corrected chi connectivity index (χ2v) is 2.47. The third-order valence-electron chi connectivity index (χ3n) is 1.86. The summed E-state index contributed by atoms with van der Waals surface area (Å²) in [5.74, 6) is 0.430. The Balaban J connectivity index is 0.000000810. The Morgan fingerprint density at radius 2 is 1.90 bits per heavy atom. The first-order valence-corrected chi connectivity index (χ1v) is 3.57. The number of carbonyl (C=O) groups is 1. The van der Waals surface area contributed by atoms with Crippen molar-refractivity contribution < 1.29 is 4.79 Å². The quantitative estimate of drug-likeness (QED) is 0.658. The van der Waals surface area contributed by atoms with E-state index in [4.69, 9.17) is 0 Å². The topological polar surface area (TPSA) is 20.3 Å². The van der Waals surface area contributed by atoms with Crippen molar-refractivity contribution in [2.45, 2.75) is 19.8 Å². The standard InChI is InChI=1S/C7H13NO.HI/c1-2-8-5-3-7(9)4-6-8;/h2-6H2,1H3;1H. The molecule has 0 bridgehead atoms. The number of hydrogen-bond acceptors (Lipinski definition) is 2. The van der Waals surface area contributed by atoms with E-state index < -0.39 is 0 Å². The van der Waals surface area contributed by atoms with Gasteiger partial charge in [-0.2, -0.15) is 0 Å². The first-order valence-electron chi connectivity index (χ1n) is 3.57. The van der Waals surface area contributed by atoms with Crippen molar-refractivity contribution in [3.8, 4) is 0 Å². The molecule has 0 radical (unpaired) electrons. The number of carbonyl (C=O) groups excluding carboxylic acids is 1. The van der Waals surface area contributed by atoms with Gasteiger partial charge < -0.3 is 4.90 Å². The number of likely N-dealkylation sites (tertiary alicyclic amines) is 1. The maximum absolute atomic E-state index is 10.7. The van der Waals surface area contributed by atoms with Gasteiger partial charge in [-0.25, -0.2) is 0 Å². The van der Waals surface area contributed by atoms with Gasteiger partial charge >= 0.3 is 0 Å². The Bertz CT molecular complexity index is 106. The fraction of sp³-hybridized carbons (Fsp3) is 0.857. The number of hydrogen-bond donors (Lipinski definition) is 0. The summed E-state index contributed by atoms with van der Waals surface area (Å²) in [6.45, 7) is 5.19. The molecule has 2 nitrogen and oxygen atoms in total. The molecular formula is C7H14INO. The maximum Gasteiger partial charge on any atom is 0.135 e. The first-order chi connectivity index (χ1) is 4.33. The zero-order chi connectivity index (χ0) is 6.69. The van der Waals surface area contributed by atoms with E-state index >= 15 is 0 Å². The lowest BCUT2D eigenvalue weighted by Crippen LogP contribution is -2.33.